The van der Waals surface area contributed by atoms with Crippen LogP contribution in [0.3, 0.4) is 0 Å². The van der Waals surface area contributed by atoms with Crippen molar-refractivity contribution in [3.63, 3.8) is 0 Å². The fraction of sp³-hybridized carbons (Fsp3) is 0.231. The molecule has 4 heteroatoms. The highest BCUT2D eigenvalue weighted by Gasteiger charge is 2.22. The summed E-state index contributed by atoms with van der Waals surface area (Å²) in [5, 5.41) is 2.50. The van der Waals surface area contributed by atoms with Gasteiger partial charge in [-0.1, -0.05) is 12.2 Å². The van der Waals surface area contributed by atoms with Gasteiger partial charge in [-0.2, -0.15) is 0 Å². The van der Waals surface area contributed by atoms with E-state index in [0.29, 0.717) is 16.7 Å². The molecule has 0 aliphatic heterocycles. The maximum absolute atomic E-state index is 13.6. The first-order valence-electron chi connectivity index (χ1n) is 5.31. The van der Waals surface area contributed by atoms with Gasteiger partial charge in [0.1, 0.15) is 5.82 Å². The zero-order valence-electron chi connectivity index (χ0n) is 9.63. The number of carbonyl (C=O) groups excluding carboxylic acids is 2. The molecule has 1 N–H and O–H groups in total. The molecule has 0 heterocycles. The second-order valence-corrected chi connectivity index (χ2v) is 4.03. The Hall–Kier alpha value is -1.97. The van der Waals surface area contributed by atoms with E-state index < -0.39 is 5.82 Å². The van der Waals surface area contributed by atoms with Crippen LogP contribution in [0.15, 0.2) is 12.1 Å². The van der Waals surface area contributed by atoms with E-state index in [4.69, 9.17) is 0 Å². The van der Waals surface area contributed by atoms with Crippen molar-refractivity contribution < 1.29 is 14.0 Å². The first-order chi connectivity index (χ1) is 8.00. The maximum Gasteiger partial charge on any atom is 0.221 e. The van der Waals surface area contributed by atoms with Gasteiger partial charge in [-0.3, -0.25) is 9.59 Å². The van der Waals surface area contributed by atoms with Gasteiger partial charge in [0.05, 0.1) is 5.69 Å². The molecule has 3 nitrogen and oxygen atoms in total. The molecule has 0 atom stereocenters. The average molecular weight is 233 g/mol. The molecule has 1 aromatic carbocycles. The summed E-state index contributed by atoms with van der Waals surface area (Å²) in [6.07, 6.45) is 3.71. The summed E-state index contributed by atoms with van der Waals surface area (Å²) in [6, 6.07) is 1.20. The van der Waals surface area contributed by atoms with Crippen molar-refractivity contribution >= 4 is 23.5 Å². The summed E-state index contributed by atoms with van der Waals surface area (Å²) in [7, 11) is 0. The van der Waals surface area contributed by atoms with Crippen molar-refractivity contribution in [2.24, 2.45) is 0 Å². The molecular formula is C13H12FNO2. The number of rotatable bonds is 1. The van der Waals surface area contributed by atoms with Crippen molar-refractivity contribution in [2.45, 2.75) is 20.3 Å². The minimum atomic E-state index is -0.424. The molecule has 0 fully saturated rings. The van der Waals surface area contributed by atoms with Gasteiger partial charge in [0, 0.05) is 18.9 Å². The van der Waals surface area contributed by atoms with Crippen LogP contribution in [0.4, 0.5) is 10.1 Å². The normalized spacial score (nSPS) is 13.5. The molecule has 1 aliphatic rings. The molecule has 1 aromatic rings. The number of amides is 1. The fourth-order valence-corrected chi connectivity index (χ4v) is 1.95. The molecule has 1 amide bonds. The van der Waals surface area contributed by atoms with Gasteiger partial charge >= 0.3 is 0 Å². The highest BCUT2D eigenvalue weighted by Crippen LogP contribution is 2.31. The molecule has 0 spiro atoms. The summed E-state index contributed by atoms with van der Waals surface area (Å²) in [5.41, 5.74) is 1.65. The number of hydrogen-bond acceptors (Lipinski definition) is 2. The summed E-state index contributed by atoms with van der Waals surface area (Å²) in [5.74, 6) is -0.848. The summed E-state index contributed by atoms with van der Waals surface area (Å²) in [6.45, 7) is 2.95. The lowest BCUT2D eigenvalue weighted by Gasteiger charge is -2.17. The molecule has 0 bridgehead atoms. The Morgan fingerprint density at radius 2 is 2.18 bits per heavy atom. The lowest BCUT2D eigenvalue weighted by molar-refractivity contribution is -0.114. The molecular weight excluding hydrogens is 221 g/mol. The lowest BCUT2D eigenvalue weighted by Crippen LogP contribution is -2.15. The highest BCUT2D eigenvalue weighted by atomic mass is 19.1. The smallest absolute Gasteiger partial charge is 0.221 e. The van der Waals surface area contributed by atoms with Crippen LogP contribution in [0.25, 0.3) is 6.08 Å². The second kappa shape index (κ2) is 4.13. The van der Waals surface area contributed by atoms with Crippen LogP contribution in [0.1, 0.15) is 34.8 Å². The lowest BCUT2D eigenvalue weighted by atomic mass is 9.91. The first-order valence-corrected chi connectivity index (χ1v) is 5.31. The number of allylic oxidation sites excluding steroid dienone is 1. The SMILES string of the molecule is CC(=O)Nc1cc(F)c(C)c2c1C(=O)CC=C2. The van der Waals surface area contributed by atoms with E-state index in [1.54, 1.807) is 19.1 Å². The molecule has 0 aromatic heterocycles. The van der Waals surface area contributed by atoms with E-state index in [2.05, 4.69) is 5.32 Å². The molecule has 17 heavy (non-hydrogen) atoms. The van der Waals surface area contributed by atoms with E-state index >= 15 is 0 Å². The first kappa shape index (κ1) is 11.5. The third-order valence-corrected chi connectivity index (χ3v) is 2.75. The fourth-order valence-electron chi connectivity index (χ4n) is 1.95. The number of anilines is 1. The summed E-state index contributed by atoms with van der Waals surface area (Å²) in [4.78, 5) is 22.9. The van der Waals surface area contributed by atoms with Gasteiger partial charge in [0.15, 0.2) is 5.78 Å². The van der Waals surface area contributed by atoms with Gasteiger partial charge in [-0.15, -0.1) is 0 Å². The molecule has 0 saturated heterocycles. The maximum atomic E-state index is 13.6. The number of halogens is 1. The van der Waals surface area contributed by atoms with Crippen molar-refractivity contribution in [1.29, 1.82) is 0 Å². The predicted octanol–water partition coefficient (Wildman–Crippen LogP) is 2.69. The number of ketones is 1. The largest absolute Gasteiger partial charge is 0.326 e. The van der Waals surface area contributed by atoms with Crippen LogP contribution in [0, 0.1) is 12.7 Å². The average Bonchev–Trinajstić information content (AvgIpc) is 2.24. The van der Waals surface area contributed by atoms with E-state index in [9.17, 15) is 14.0 Å². The Morgan fingerprint density at radius 3 is 2.82 bits per heavy atom. The van der Waals surface area contributed by atoms with Crippen LogP contribution >= 0.6 is 0 Å². The van der Waals surface area contributed by atoms with Crippen LogP contribution in [-0.2, 0) is 4.79 Å². The summed E-state index contributed by atoms with van der Waals surface area (Å²) < 4.78 is 13.6. The minimum absolute atomic E-state index is 0.102. The van der Waals surface area contributed by atoms with E-state index in [-0.39, 0.29) is 23.8 Å². The van der Waals surface area contributed by atoms with Crippen LogP contribution in [-0.4, -0.2) is 11.7 Å². The van der Waals surface area contributed by atoms with E-state index in [1.165, 1.54) is 13.0 Å². The minimum Gasteiger partial charge on any atom is -0.326 e. The van der Waals surface area contributed by atoms with Crippen LogP contribution in [0.2, 0.25) is 0 Å². The van der Waals surface area contributed by atoms with Gasteiger partial charge < -0.3 is 5.32 Å². The Morgan fingerprint density at radius 1 is 1.47 bits per heavy atom. The zero-order chi connectivity index (χ0) is 12.6. The number of Topliss-reactive ketones (excluding diaryl/α,β-unsaturated/α-hetero) is 1. The molecule has 88 valence electrons. The number of nitrogens with one attached hydrogen (secondary N) is 1. The van der Waals surface area contributed by atoms with Gasteiger partial charge in [0.25, 0.3) is 0 Å². The van der Waals surface area contributed by atoms with Crippen molar-refractivity contribution in [3.8, 4) is 0 Å². The predicted molar refractivity (Wildman–Crippen MR) is 63.4 cm³/mol. The van der Waals surface area contributed by atoms with Crippen LogP contribution in [0.5, 0.6) is 0 Å². The number of fused-ring (bicyclic) bond motifs is 1. The van der Waals surface area contributed by atoms with Gasteiger partial charge in [-0.25, -0.2) is 4.39 Å². The highest BCUT2D eigenvalue weighted by molar-refractivity contribution is 6.09. The molecule has 2 rings (SSSR count). The Labute approximate surface area is 98.3 Å². The van der Waals surface area contributed by atoms with Gasteiger partial charge in [-0.05, 0) is 24.1 Å². The van der Waals surface area contributed by atoms with Gasteiger partial charge in [0.2, 0.25) is 5.91 Å². The second-order valence-electron chi connectivity index (χ2n) is 4.03. The Bertz CT molecular complexity index is 547. The number of benzene rings is 1. The van der Waals surface area contributed by atoms with Crippen molar-refractivity contribution in [2.75, 3.05) is 5.32 Å². The third-order valence-electron chi connectivity index (χ3n) is 2.75. The number of hydrogen-bond donors (Lipinski definition) is 1. The molecule has 1 aliphatic carbocycles. The van der Waals surface area contributed by atoms with Crippen molar-refractivity contribution in [1.82, 2.24) is 0 Å². The van der Waals surface area contributed by atoms with Crippen LogP contribution < -0.4 is 5.32 Å². The van der Waals surface area contributed by atoms with Crippen molar-refractivity contribution in [3.05, 3.63) is 34.6 Å². The topological polar surface area (TPSA) is 46.2 Å². The monoisotopic (exact) mass is 233 g/mol. The third kappa shape index (κ3) is 1.98. The molecule has 0 radical (unpaired) electrons. The zero-order valence-corrected chi connectivity index (χ0v) is 9.63. The Kier molecular flexibility index (Phi) is 2.79. The summed E-state index contributed by atoms with van der Waals surface area (Å²) >= 11 is 0. The molecule has 0 unspecified atom stereocenters. The molecule has 0 saturated carbocycles. The standard InChI is InChI=1S/C13H12FNO2/c1-7-9-4-3-5-12(17)13(9)11(6-10(7)14)15-8(2)16/h3-4,6H,5H2,1-2H3,(H,15,16). The quantitative estimate of drug-likeness (QED) is 0.810. The van der Waals surface area contributed by atoms with E-state index in [0.717, 1.165) is 0 Å². The number of carbonyl (C=O) groups is 2. The Balaban J connectivity index is 2.68. The van der Waals surface area contributed by atoms with E-state index in [1.807, 2.05) is 0 Å².